The lowest BCUT2D eigenvalue weighted by Gasteiger charge is -2.33. The third-order valence-corrected chi connectivity index (χ3v) is 3.36. The van der Waals surface area contributed by atoms with E-state index in [9.17, 15) is 9.59 Å². The highest BCUT2D eigenvalue weighted by Crippen LogP contribution is 2.19. The lowest BCUT2D eigenvalue weighted by molar-refractivity contribution is 0.0635. The van der Waals surface area contributed by atoms with Gasteiger partial charge in [-0.2, -0.15) is 0 Å². The second-order valence-corrected chi connectivity index (χ2v) is 4.58. The van der Waals surface area contributed by atoms with E-state index >= 15 is 0 Å². The summed E-state index contributed by atoms with van der Waals surface area (Å²) in [6, 6.07) is 7.16. The topological polar surface area (TPSA) is 37.4 Å². The molecule has 90 valence electrons. The Balaban J connectivity index is 2.14. The molecule has 0 aromatic heterocycles. The fourth-order valence-electron chi connectivity index (χ4n) is 2.27. The van der Waals surface area contributed by atoms with E-state index in [-0.39, 0.29) is 5.91 Å². The van der Waals surface area contributed by atoms with Gasteiger partial charge in [0.1, 0.15) is 6.29 Å². The van der Waals surface area contributed by atoms with Crippen molar-refractivity contribution in [2.75, 3.05) is 6.54 Å². The van der Waals surface area contributed by atoms with Crippen LogP contribution >= 0.6 is 0 Å². The molecule has 0 bridgehead atoms. The van der Waals surface area contributed by atoms with Gasteiger partial charge in [-0.15, -0.1) is 0 Å². The fourth-order valence-corrected chi connectivity index (χ4v) is 2.27. The summed E-state index contributed by atoms with van der Waals surface area (Å²) >= 11 is 0. The highest BCUT2D eigenvalue weighted by Gasteiger charge is 2.23. The largest absolute Gasteiger partial charge is 0.336 e. The lowest BCUT2D eigenvalue weighted by Crippen LogP contribution is -2.42. The van der Waals surface area contributed by atoms with E-state index in [2.05, 4.69) is 6.92 Å². The number of carbonyl (C=O) groups is 2. The summed E-state index contributed by atoms with van der Waals surface area (Å²) in [5, 5.41) is 0. The van der Waals surface area contributed by atoms with Gasteiger partial charge in [0.2, 0.25) is 0 Å². The van der Waals surface area contributed by atoms with Gasteiger partial charge in [-0.25, -0.2) is 0 Å². The second-order valence-electron chi connectivity index (χ2n) is 4.58. The first kappa shape index (κ1) is 11.8. The Morgan fingerprint density at radius 3 is 2.59 bits per heavy atom. The molecule has 1 aromatic carbocycles. The first-order valence-electron chi connectivity index (χ1n) is 6.08. The van der Waals surface area contributed by atoms with Crippen molar-refractivity contribution in [3.63, 3.8) is 0 Å². The van der Waals surface area contributed by atoms with E-state index in [1.807, 2.05) is 4.90 Å². The van der Waals surface area contributed by atoms with Crippen molar-refractivity contribution in [1.82, 2.24) is 4.90 Å². The standard InChI is InChI=1S/C14H17NO2/c1-11-4-2-3-9-15(11)14(17)13-7-5-12(10-16)6-8-13/h5-8,10-11H,2-4,9H2,1H3. The van der Waals surface area contributed by atoms with Gasteiger partial charge in [0.05, 0.1) is 0 Å². The van der Waals surface area contributed by atoms with Crippen LogP contribution in [-0.2, 0) is 0 Å². The van der Waals surface area contributed by atoms with Crippen LogP contribution < -0.4 is 0 Å². The second kappa shape index (κ2) is 5.13. The van der Waals surface area contributed by atoms with Gasteiger partial charge < -0.3 is 4.90 Å². The van der Waals surface area contributed by atoms with Crippen LogP contribution in [0.1, 0.15) is 46.9 Å². The Kier molecular flexibility index (Phi) is 3.57. The molecule has 0 N–H and O–H groups in total. The van der Waals surface area contributed by atoms with Crippen LogP contribution in [0, 0.1) is 0 Å². The Morgan fingerprint density at radius 2 is 2.00 bits per heavy atom. The minimum atomic E-state index is 0.0784. The van der Waals surface area contributed by atoms with Crippen LogP contribution in [-0.4, -0.2) is 29.7 Å². The molecule has 1 saturated heterocycles. The number of aldehydes is 1. The molecule has 1 amide bonds. The van der Waals surface area contributed by atoms with Gasteiger partial charge in [0.25, 0.3) is 5.91 Å². The maximum Gasteiger partial charge on any atom is 0.254 e. The molecule has 1 fully saturated rings. The van der Waals surface area contributed by atoms with E-state index in [1.54, 1.807) is 24.3 Å². The van der Waals surface area contributed by atoms with E-state index in [0.29, 0.717) is 17.2 Å². The molecule has 1 aromatic rings. The van der Waals surface area contributed by atoms with Crippen molar-refractivity contribution < 1.29 is 9.59 Å². The first-order valence-corrected chi connectivity index (χ1v) is 6.08. The van der Waals surface area contributed by atoms with E-state index in [4.69, 9.17) is 0 Å². The van der Waals surface area contributed by atoms with Gasteiger partial charge in [-0.3, -0.25) is 9.59 Å². The lowest BCUT2D eigenvalue weighted by atomic mass is 10.0. The van der Waals surface area contributed by atoms with Gasteiger partial charge >= 0.3 is 0 Å². The van der Waals surface area contributed by atoms with Crippen LogP contribution in [0.4, 0.5) is 0 Å². The molecule has 1 aliphatic heterocycles. The van der Waals surface area contributed by atoms with Gasteiger partial charge in [-0.05, 0) is 38.3 Å². The molecule has 0 saturated carbocycles. The number of hydrogen-bond acceptors (Lipinski definition) is 2. The number of amides is 1. The summed E-state index contributed by atoms with van der Waals surface area (Å²) in [5.41, 5.74) is 1.28. The maximum atomic E-state index is 12.2. The van der Waals surface area contributed by atoms with Crippen molar-refractivity contribution >= 4 is 12.2 Å². The minimum Gasteiger partial charge on any atom is -0.336 e. The van der Waals surface area contributed by atoms with Gasteiger partial charge in [0, 0.05) is 23.7 Å². The number of benzene rings is 1. The van der Waals surface area contributed by atoms with E-state index in [0.717, 1.165) is 25.7 Å². The normalized spacial score (nSPS) is 20.1. The Hall–Kier alpha value is -1.64. The SMILES string of the molecule is CC1CCCCN1C(=O)c1ccc(C=O)cc1. The number of hydrogen-bond donors (Lipinski definition) is 0. The molecule has 3 nitrogen and oxygen atoms in total. The number of piperidine rings is 1. The monoisotopic (exact) mass is 231 g/mol. The van der Waals surface area contributed by atoms with E-state index < -0.39 is 0 Å². The molecule has 1 unspecified atom stereocenters. The van der Waals surface area contributed by atoms with Gasteiger partial charge in [0.15, 0.2) is 0 Å². The van der Waals surface area contributed by atoms with Crippen LogP contribution in [0.2, 0.25) is 0 Å². The predicted molar refractivity (Wildman–Crippen MR) is 66.2 cm³/mol. The molecule has 17 heavy (non-hydrogen) atoms. The highest BCUT2D eigenvalue weighted by molar-refractivity contribution is 5.95. The molecule has 0 spiro atoms. The molecule has 2 rings (SSSR count). The molecule has 1 aliphatic rings. The van der Waals surface area contributed by atoms with Crippen LogP contribution in [0.3, 0.4) is 0 Å². The highest BCUT2D eigenvalue weighted by atomic mass is 16.2. The smallest absolute Gasteiger partial charge is 0.254 e. The van der Waals surface area contributed by atoms with Crippen LogP contribution in [0.25, 0.3) is 0 Å². The zero-order valence-electron chi connectivity index (χ0n) is 10.1. The van der Waals surface area contributed by atoms with Crippen molar-refractivity contribution in [1.29, 1.82) is 0 Å². The molecule has 1 heterocycles. The third-order valence-electron chi connectivity index (χ3n) is 3.36. The molecular weight excluding hydrogens is 214 g/mol. The summed E-state index contributed by atoms with van der Waals surface area (Å²) in [6.45, 7) is 2.94. The van der Waals surface area contributed by atoms with Crippen molar-refractivity contribution in [3.05, 3.63) is 35.4 Å². The number of carbonyl (C=O) groups excluding carboxylic acids is 2. The van der Waals surface area contributed by atoms with Crippen molar-refractivity contribution in [3.8, 4) is 0 Å². The average molecular weight is 231 g/mol. The van der Waals surface area contributed by atoms with E-state index in [1.165, 1.54) is 6.42 Å². The van der Waals surface area contributed by atoms with Crippen LogP contribution in [0.5, 0.6) is 0 Å². The zero-order valence-corrected chi connectivity index (χ0v) is 10.1. The minimum absolute atomic E-state index is 0.0784. The quantitative estimate of drug-likeness (QED) is 0.733. The summed E-state index contributed by atoms with van der Waals surface area (Å²) in [4.78, 5) is 24.7. The average Bonchev–Trinajstić information content (AvgIpc) is 2.39. The molecule has 1 atom stereocenters. The molecule has 0 aliphatic carbocycles. The molecule has 3 heteroatoms. The molecular formula is C14H17NO2. The number of rotatable bonds is 2. The summed E-state index contributed by atoms with van der Waals surface area (Å²) in [5.74, 6) is 0.0784. The predicted octanol–water partition coefficient (Wildman–Crippen LogP) is 2.51. The Labute approximate surface area is 101 Å². The third kappa shape index (κ3) is 2.54. The maximum absolute atomic E-state index is 12.2. The van der Waals surface area contributed by atoms with Crippen molar-refractivity contribution in [2.24, 2.45) is 0 Å². The Morgan fingerprint density at radius 1 is 1.29 bits per heavy atom. The zero-order chi connectivity index (χ0) is 12.3. The summed E-state index contributed by atoms with van der Waals surface area (Å²) < 4.78 is 0. The fraction of sp³-hybridized carbons (Fsp3) is 0.429. The van der Waals surface area contributed by atoms with Crippen molar-refractivity contribution in [2.45, 2.75) is 32.2 Å². The van der Waals surface area contributed by atoms with Gasteiger partial charge in [-0.1, -0.05) is 12.1 Å². The first-order chi connectivity index (χ1) is 8.22. The summed E-state index contributed by atoms with van der Waals surface area (Å²) in [6.07, 6.45) is 4.16. The summed E-state index contributed by atoms with van der Waals surface area (Å²) in [7, 11) is 0. The number of likely N-dealkylation sites (tertiary alicyclic amines) is 1. The van der Waals surface area contributed by atoms with Crippen LogP contribution in [0.15, 0.2) is 24.3 Å². The number of nitrogens with zero attached hydrogens (tertiary/aromatic N) is 1. The Bertz CT molecular complexity index is 411. The molecule has 0 radical (unpaired) electrons.